The van der Waals surface area contributed by atoms with Gasteiger partial charge in [-0.05, 0) is 12.3 Å². The van der Waals surface area contributed by atoms with E-state index in [0.29, 0.717) is 5.82 Å². The van der Waals surface area contributed by atoms with Gasteiger partial charge < -0.3 is 16.4 Å². The fourth-order valence-electron chi connectivity index (χ4n) is 1.50. The van der Waals surface area contributed by atoms with Crippen LogP contribution in [0.2, 0.25) is 0 Å². The van der Waals surface area contributed by atoms with E-state index in [2.05, 4.69) is 20.8 Å². The van der Waals surface area contributed by atoms with Crippen molar-refractivity contribution in [2.75, 3.05) is 5.32 Å². The lowest BCUT2D eigenvalue weighted by Gasteiger charge is -2.19. The zero-order chi connectivity index (χ0) is 13.7. The van der Waals surface area contributed by atoms with Crippen molar-refractivity contribution in [2.45, 2.75) is 33.2 Å². The highest BCUT2D eigenvalue weighted by atomic mass is 16.2. The van der Waals surface area contributed by atoms with Gasteiger partial charge in [0, 0.05) is 11.8 Å². The second kappa shape index (κ2) is 6.04. The smallest absolute Gasteiger partial charge is 0.312 e. The molecule has 7 nitrogen and oxygen atoms in total. The van der Waals surface area contributed by atoms with E-state index in [1.54, 1.807) is 6.07 Å². The first-order chi connectivity index (χ1) is 8.43. The van der Waals surface area contributed by atoms with Gasteiger partial charge in [-0.1, -0.05) is 20.8 Å². The molecule has 7 heteroatoms. The summed E-state index contributed by atoms with van der Waals surface area (Å²) in [6.07, 6.45) is 0.802. The molecule has 0 spiro atoms. The third-order valence-electron chi connectivity index (χ3n) is 2.51. The van der Waals surface area contributed by atoms with Crippen molar-refractivity contribution in [3.63, 3.8) is 0 Å². The number of H-pyrrole nitrogens is 1. The van der Waals surface area contributed by atoms with Crippen molar-refractivity contribution in [1.29, 1.82) is 0 Å². The lowest BCUT2D eigenvalue weighted by Crippen LogP contribution is -2.49. The molecule has 0 bridgehead atoms. The molecule has 1 rings (SSSR count). The normalized spacial score (nSPS) is 12.2. The standard InChI is InChI=1S/C11H19N5O2/c1-4-7-5-8(16-15-7)13-10(17)9(6(2)3)14-11(12)18/h5-6,9H,4H2,1-3H3,(H3,12,14,18)(H2,13,15,16,17). The van der Waals surface area contributed by atoms with Gasteiger partial charge in [-0.3, -0.25) is 9.89 Å². The molecular weight excluding hydrogens is 234 g/mol. The summed E-state index contributed by atoms with van der Waals surface area (Å²) >= 11 is 0. The van der Waals surface area contributed by atoms with Crippen LogP contribution >= 0.6 is 0 Å². The molecule has 0 radical (unpaired) electrons. The van der Waals surface area contributed by atoms with E-state index in [1.165, 1.54) is 0 Å². The average molecular weight is 253 g/mol. The molecule has 0 aromatic carbocycles. The average Bonchev–Trinajstić information content (AvgIpc) is 2.72. The SMILES string of the molecule is CCc1cc(NC(=O)C(NC(N)=O)C(C)C)n[nH]1. The summed E-state index contributed by atoms with van der Waals surface area (Å²) in [5.41, 5.74) is 5.96. The van der Waals surface area contributed by atoms with Crippen LogP contribution in [0.5, 0.6) is 0 Å². The summed E-state index contributed by atoms with van der Waals surface area (Å²) in [6.45, 7) is 5.62. The van der Waals surface area contributed by atoms with Crippen molar-refractivity contribution in [3.8, 4) is 0 Å². The Balaban J connectivity index is 2.69. The minimum atomic E-state index is -0.722. The molecule has 1 aromatic heterocycles. The van der Waals surface area contributed by atoms with E-state index in [1.807, 2.05) is 20.8 Å². The molecule has 5 N–H and O–H groups in total. The van der Waals surface area contributed by atoms with Crippen molar-refractivity contribution in [1.82, 2.24) is 15.5 Å². The fraction of sp³-hybridized carbons (Fsp3) is 0.545. The molecule has 0 aliphatic carbocycles. The van der Waals surface area contributed by atoms with Crippen LogP contribution in [-0.2, 0) is 11.2 Å². The van der Waals surface area contributed by atoms with Crippen LogP contribution in [0.25, 0.3) is 0 Å². The monoisotopic (exact) mass is 253 g/mol. The Morgan fingerprint density at radius 2 is 2.17 bits per heavy atom. The van der Waals surface area contributed by atoms with Gasteiger partial charge >= 0.3 is 6.03 Å². The highest BCUT2D eigenvalue weighted by Crippen LogP contribution is 2.09. The number of carbonyl (C=O) groups is 2. The number of aromatic amines is 1. The van der Waals surface area contributed by atoms with Gasteiger partial charge in [0.1, 0.15) is 6.04 Å². The first-order valence-electron chi connectivity index (χ1n) is 5.85. The molecular formula is C11H19N5O2. The fourth-order valence-corrected chi connectivity index (χ4v) is 1.50. The number of nitrogens with zero attached hydrogens (tertiary/aromatic N) is 1. The maximum Gasteiger partial charge on any atom is 0.312 e. The van der Waals surface area contributed by atoms with E-state index >= 15 is 0 Å². The summed E-state index contributed by atoms with van der Waals surface area (Å²) in [5.74, 6) is 0.0359. The van der Waals surface area contributed by atoms with Crippen molar-refractivity contribution in [2.24, 2.45) is 11.7 Å². The number of nitrogens with two attached hydrogens (primary N) is 1. The molecule has 0 aliphatic rings. The maximum atomic E-state index is 12.0. The number of aryl methyl sites for hydroxylation is 1. The Labute approximate surface area is 106 Å². The minimum absolute atomic E-state index is 0.0675. The second-order valence-corrected chi connectivity index (χ2v) is 4.35. The van der Waals surface area contributed by atoms with E-state index in [9.17, 15) is 9.59 Å². The third kappa shape index (κ3) is 3.76. The molecule has 3 amide bonds. The number of aromatic nitrogens is 2. The number of anilines is 1. The number of nitrogens with one attached hydrogen (secondary N) is 3. The molecule has 1 atom stereocenters. The van der Waals surface area contributed by atoms with E-state index in [-0.39, 0.29) is 11.8 Å². The van der Waals surface area contributed by atoms with Crippen LogP contribution in [0, 0.1) is 5.92 Å². The third-order valence-corrected chi connectivity index (χ3v) is 2.51. The number of hydrogen-bond donors (Lipinski definition) is 4. The number of hydrogen-bond acceptors (Lipinski definition) is 3. The van der Waals surface area contributed by atoms with Crippen molar-refractivity contribution >= 4 is 17.8 Å². The van der Waals surface area contributed by atoms with E-state index in [4.69, 9.17) is 5.73 Å². The van der Waals surface area contributed by atoms with Gasteiger partial charge in [0.2, 0.25) is 5.91 Å². The van der Waals surface area contributed by atoms with Crippen LogP contribution in [0.1, 0.15) is 26.5 Å². The molecule has 0 fully saturated rings. The lowest BCUT2D eigenvalue weighted by molar-refractivity contribution is -0.118. The maximum absolute atomic E-state index is 12.0. The Hall–Kier alpha value is -2.05. The van der Waals surface area contributed by atoms with Crippen LogP contribution in [0.3, 0.4) is 0 Å². The van der Waals surface area contributed by atoms with Crippen molar-refractivity contribution in [3.05, 3.63) is 11.8 Å². The number of primary amides is 1. The zero-order valence-corrected chi connectivity index (χ0v) is 10.8. The largest absolute Gasteiger partial charge is 0.352 e. The quantitative estimate of drug-likeness (QED) is 0.616. The first kappa shape index (κ1) is 14.0. The van der Waals surface area contributed by atoms with E-state index in [0.717, 1.165) is 12.1 Å². The van der Waals surface area contributed by atoms with E-state index < -0.39 is 12.1 Å². The van der Waals surface area contributed by atoms with Gasteiger partial charge in [0.15, 0.2) is 5.82 Å². The number of urea groups is 1. The van der Waals surface area contributed by atoms with Crippen LogP contribution in [-0.4, -0.2) is 28.2 Å². The summed E-state index contributed by atoms with van der Waals surface area (Å²) < 4.78 is 0. The van der Waals surface area contributed by atoms with Gasteiger partial charge in [-0.15, -0.1) is 0 Å². The summed E-state index contributed by atoms with van der Waals surface area (Å²) in [6, 6.07) is 0.351. The highest BCUT2D eigenvalue weighted by molar-refractivity contribution is 5.96. The topological polar surface area (TPSA) is 113 Å². The highest BCUT2D eigenvalue weighted by Gasteiger charge is 2.23. The van der Waals surface area contributed by atoms with Crippen molar-refractivity contribution < 1.29 is 9.59 Å². The predicted molar refractivity (Wildman–Crippen MR) is 67.9 cm³/mol. The summed E-state index contributed by atoms with van der Waals surface area (Å²) in [4.78, 5) is 22.8. The van der Waals surface area contributed by atoms with Gasteiger partial charge in [-0.25, -0.2) is 4.79 Å². The van der Waals surface area contributed by atoms with Gasteiger partial charge in [0.05, 0.1) is 0 Å². The Kier molecular flexibility index (Phi) is 4.70. The first-order valence-corrected chi connectivity index (χ1v) is 5.85. The number of carbonyl (C=O) groups excluding carboxylic acids is 2. The summed E-state index contributed by atoms with van der Waals surface area (Å²) in [7, 11) is 0. The molecule has 1 aromatic rings. The molecule has 100 valence electrons. The molecule has 0 aliphatic heterocycles. The van der Waals surface area contributed by atoms with Crippen LogP contribution in [0.15, 0.2) is 6.07 Å². The lowest BCUT2D eigenvalue weighted by atomic mass is 10.0. The number of amides is 3. The van der Waals surface area contributed by atoms with Gasteiger partial charge in [0.25, 0.3) is 0 Å². The van der Waals surface area contributed by atoms with Crippen LogP contribution in [0.4, 0.5) is 10.6 Å². The Bertz CT molecular complexity index is 427. The molecule has 18 heavy (non-hydrogen) atoms. The predicted octanol–water partition coefficient (Wildman–Crippen LogP) is 0.603. The minimum Gasteiger partial charge on any atom is -0.352 e. The van der Waals surface area contributed by atoms with Gasteiger partial charge in [-0.2, -0.15) is 5.10 Å². The molecule has 1 unspecified atom stereocenters. The second-order valence-electron chi connectivity index (χ2n) is 4.35. The van der Waals surface area contributed by atoms with Crippen LogP contribution < -0.4 is 16.4 Å². The summed E-state index contributed by atoms with van der Waals surface area (Å²) in [5, 5.41) is 11.8. The Morgan fingerprint density at radius 1 is 1.50 bits per heavy atom. The molecule has 0 saturated carbocycles. The molecule has 1 heterocycles. The molecule has 0 saturated heterocycles. The number of rotatable bonds is 5. The Morgan fingerprint density at radius 3 is 2.61 bits per heavy atom. The zero-order valence-electron chi connectivity index (χ0n) is 10.8.